The molecule has 3 aliphatic heterocycles. The van der Waals surface area contributed by atoms with Crippen molar-refractivity contribution in [2.75, 3.05) is 44.5 Å². The molecular formula is C21H30N4O3. The van der Waals surface area contributed by atoms with Gasteiger partial charge in [-0.05, 0) is 37.0 Å². The second-order valence-electron chi connectivity index (χ2n) is 8.68. The predicted octanol–water partition coefficient (Wildman–Crippen LogP) is 1.23. The van der Waals surface area contributed by atoms with Crippen LogP contribution in [-0.2, 0) is 15.9 Å². The molecule has 7 nitrogen and oxygen atoms in total. The van der Waals surface area contributed by atoms with E-state index in [4.69, 9.17) is 15.2 Å². The highest BCUT2D eigenvalue weighted by Crippen LogP contribution is 2.61. The molecule has 1 aromatic rings. The lowest BCUT2D eigenvalue weighted by Crippen LogP contribution is -2.77. The van der Waals surface area contributed by atoms with Crippen molar-refractivity contribution in [1.29, 1.82) is 0 Å². The minimum Gasteiger partial charge on any atom is -0.397 e. The summed E-state index contributed by atoms with van der Waals surface area (Å²) in [4.78, 5) is 15.7. The van der Waals surface area contributed by atoms with Crippen LogP contribution in [0.4, 0.5) is 11.4 Å². The molecule has 3 saturated heterocycles. The molecule has 3 unspecified atom stereocenters. The van der Waals surface area contributed by atoms with Crippen molar-refractivity contribution in [3.63, 3.8) is 0 Å². The topological polar surface area (TPSA) is 88.8 Å². The normalized spacial score (nSPS) is 35.7. The first kappa shape index (κ1) is 18.2. The number of nitrogens with zero attached hydrogens (tertiary/aromatic N) is 1. The van der Waals surface area contributed by atoms with Crippen molar-refractivity contribution >= 4 is 17.3 Å². The molecule has 1 spiro atoms. The highest BCUT2D eigenvalue weighted by atomic mass is 16.5. The summed E-state index contributed by atoms with van der Waals surface area (Å²) in [6, 6.07) is 4.62. The van der Waals surface area contributed by atoms with Crippen molar-refractivity contribution in [3.8, 4) is 0 Å². The number of amides is 1. The van der Waals surface area contributed by atoms with Crippen LogP contribution in [0.3, 0.4) is 0 Å². The van der Waals surface area contributed by atoms with Gasteiger partial charge in [0.05, 0.1) is 48.3 Å². The van der Waals surface area contributed by atoms with Gasteiger partial charge in [0.15, 0.2) is 0 Å². The fraction of sp³-hybridized carbons (Fsp3) is 0.667. The van der Waals surface area contributed by atoms with Gasteiger partial charge in [0.1, 0.15) is 0 Å². The van der Waals surface area contributed by atoms with E-state index in [1.54, 1.807) is 7.11 Å². The van der Waals surface area contributed by atoms with E-state index in [1.165, 1.54) is 6.42 Å². The Morgan fingerprint density at radius 3 is 3.00 bits per heavy atom. The van der Waals surface area contributed by atoms with E-state index in [0.717, 1.165) is 43.8 Å². The molecule has 0 bridgehead atoms. The molecule has 1 aromatic carbocycles. The predicted molar refractivity (Wildman–Crippen MR) is 108 cm³/mol. The van der Waals surface area contributed by atoms with Gasteiger partial charge >= 0.3 is 0 Å². The molecule has 4 fully saturated rings. The first-order chi connectivity index (χ1) is 13.6. The third kappa shape index (κ3) is 2.42. The second-order valence-corrected chi connectivity index (χ2v) is 8.68. The molecule has 0 radical (unpaired) electrons. The summed E-state index contributed by atoms with van der Waals surface area (Å²) in [5.41, 5.74) is 9.80. The third-order valence-electron chi connectivity index (χ3n) is 7.42. The maximum Gasteiger partial charge on any atom is 0.256 e. The zero-order valence-electron chi connectivity index (χ0n) is 16.7. The van der Waals surface area contributed by atoms with Crippen LogP contribution in [0.5, 0.6) is 0 Å². The summed E-state index contributed by atoms with van der Waals surface area (Å²) in [7, 11) is 1.72. The molecule has 3 heterocycles. The van der Waals surface area contributed by atoms with E-state index in [1.807, 2.05) is 12.1 Å². The maximum absolute atomic E-state index is 13.7. The Morgan fingerprint density at radius 1 is 1.43 bits per heavy atom. The number of hydrogen-bond donors (Lipinski definition) is 3. The standard InChI is InChI=1S/C21H30N4O3/c1-3-12-6-13(19(14(22)7-12)24-15-8-23-9-16(15)27-2)20(26)25-17-4-5-21(17)11-28-10-18(21)25/h6-7,15-18,23-24H,3-5,8-11,22H2,1-2H3/t15-,16-,17?,18?,21?/m0/s1. The number of rotatable bonds is 5. The van der Waals surface area contributed by atoms with Gasteiger partial charge in [-0.2, -0.15) is 0 Å². The van der Waals surface area contributed by atoms with Gasteiger partial charge in [0.2, 0.25) is 0 Å². The molecular weight excluding hydrogens is 356 g/mol. The van der Waals surface area contributed by atoms with Gasteiger partial charge in [-0.25, -0.2) is 0 Å². The van der Waals surface area contributed by atoms with Crippen LogP contribution in [0.1, 0.15) is 35.7 Å². The van der Waals surface area contributed by atoms with E-state index in [0.29, 0.717) is 23.9 Å². The molecule has 1 amide bonds. The number of anilines is 2. The van der Waals surface area contributed by atoms with Crippen LogP contribution in [0, 0.1) is 5.41 Å². The number of methoxy groups -OCH3 is 1. The van der Waals surface area contributed by atoms with Gasteiger partial charge < -0.3 is 30.7 Å². The summed E-state index contributed by atoms with van der Waals surface area (Å²) >= 11 is 0. The van der Waals surface area contributed by atoms with Gasteiger partial charge in [0.25, 0.3) is 5.91 Å². The van der Waals surface area contributed by atoms with E-state index in [-0.39, 0.29) is 29.5 Å². The molecule has 152 valence electrons. The number of likely N-dealkylation sites (tertiary alicyclic amines) is 1. The average Bonchev–Trinajstić information content (AvgIpc) is 3.32. The first-order valence-electron chi connectivity index (χ1n) is 10.4. The highest BCUT2D eigenvalue weighted by molar-refractivity contribution is 6.03. The molecule has 4 N–H and O–H groups in total. The smallest absolute Gasteiger partial charge is 0.256 e. The lowest BCUT2D eigenvalue weighted by Gasteiger charge is -2.66. The van der Waals surface area contributed by atoms with E-state index in [2.05, 4.69) is 22.5 Å². The molecule has 0 aromatic heterocycles. The lowest BCUT2D eigenvalue weighted by molar-refractivity contribution is -0.150. The molecule has 1 aliphatic carbocycles. The monoisotopic (exact) mass is 386 g/mol. The Bertz CT molecular complexity index is 800. The minimum atomic E-state index is 0.0553. The molecule has 7 heteroatoms. The Kier molecular flexibility index (Phi) is 4.30. The average molecular weight is 386 g/mol. The Balaban J connectivity index is 1.47. The quantitative estimate of drug-likeness (QED) is 0.660. The number of nitrogen functional groups attached to an aromatic ring is 1. The van der Waals surface area contributed by atoms with Crippen LogP contribution >= 0.6 is 0 Å². The fourth-order valence-corrected chi connectivity index (χ4v) is 5.65. The minimum absolute atomic E-state index is 0.0553. The van der Waals surface area contributed by atoms with Crippen LogP contribution in [0.15, 0.2) is 12.1 Å². The van der Waals surface area contributed by atoms with Crippen LogP contribution < -0.4 is 16.4 Å². The van der Waals surface area contributed by atoms with Crippen LogP contribution in [0.2, 0.25) is 0 Å². The fourth-order valence-electron chi connectivity index (χ4n) is 5.65. The van der Waals surface area contributed by atoms with E-state index >= 15 is 0 Å². The number of ether oxygens (including phenoxy) is 2. The number of nitrogens with one attached hydrogen (secondary N) is 2. The van der Waals surface area contributed by atoms with E-state index < -0.39 is 0 Å². The van der Waals surface area contributed by atoms with Crippen molar-refractivity contribution in [1.82, 2.24) is 10.2 Å². The lowest BCUT2D eigenvalue weighted by atomic mass is 9.53. The highest BCUT2D eigenvalue weighted by Gasteiger charge is 2.69. The second kappa shape index (κ2) is 6.61. The number of piperidine rings is 1. The van der Waals surface area contributed by atoms with Gasteiger partial charge in [-0.1, -0.05) is 6.92 Å². The number of carbonyl (C=O) groups is 1. The molecule has 5 atom stereocenters. The Labute approximate surface area is 165 Å². The molecule has 5 rings (SSSR count). The van der Waals surface area contributed by atoms with Crippen molar-refractivity contribution < 1.29 is 14.3 Å². The SMILES string of the molecule is CCc1cc(N)c(N[C@H]2CNC[C@@H]2OC)c(C(=O)N2C3CCC34COCC24)c1. The molecule has 28 heavy (non-hydrogen) atoms. The zero-order chi connectivity index (χ0) is 19.5. The number of carbonyl (C=O) groups excluding carboxylic acids is 1. The number of nitrogens with two attached hydrogens (primary N) is 1. The molecule has 1 saturated carbocycles. The first-order valence-corrected chi connectivity index (χ1v) is 10.4. The van der Waals surface area contributed by atoms with Gasteiger partial charge in [-0.15, -0.1) is 0 Å². The summed E-state index contributed by atoms with van der Waals surface area (Å²) in [5, 5.41) is 6.87. The molecule has 4 aliphatic rings. The van der Waals surface area contributed by atoms with Crippen LogP contribution in [-0.4, -0.2) is 68.4 Å². The number of benzene rings is 1. The maximum atomic E-state index is 13.7. The van der Waals surface area contributed by atoms with Crippen molar-refractivity contribution in [2.45, 2.75) is 50.4 Å². The Morgan fingerprint density at radius 2 is 2.29 bits per heavy atom. The summed E-state index contributed by atoms with van der Waals surface area (Å²) in [5.74, 6) is 0.0836. The number of aryl methyl sites for hydroxylation is 1. The summed E-state index contributed by atoms with van der Waals surface area (Å²) in [6.07, 6.45) is 3.16. The van der Waals surface area contributed by atoms with Crippen molar-refractivity contribution in [3.05, 3.63) is 23.3 Å². The van der Waals surface area contributed by atoms with Crippen LogP contribution in [0.25, 0.3) is 0 Å². The van der Waals surface area contributed by atoms with Crippen molar-refractivity contribution in [2.24, 2.45) is 5.41 Å². The largest absolute Gasteiger partial charge is 0.397 e. The summed E-state index contributed by atoms with van der Waals surface area (Å²) < 4.78 is 11.3. The zero-order valence-corrected chi connectivity index (χ0v) is 16.7. The number of hydrogen-bond acceptors (Lipinski definition) is 6. The summed E-state index contributed by atoms with van der Waals surface area (Å²) in [6.45, 7) is 5.13. The van der Waals surface area contributed by atoms with E-state index in [9.17, 15) is 4.79 Å². The van der Waals surface area contributed by atoms with Gasteiger partial charge in [-0.3, -0.25) is 4.79 Å². The van der Waals surface area contributed by atoms with Gasteiger partial charge in [0, 0.05) is 31.7 Å². The Hall–Kier alpha value is -1.83. The third-order valence-corrected chi connectivity index (χ3v) is 7.42.